The largest absolute Gasteiger partial charge is 0.355 e. The van der Waals surface area contributed by atoms with Crippen LogP contribution < -0.4 is 5.32 Å². The predicted octanol–water partition coefficient (Wildman–Crippen LogP) is 4.44. The van der Waals surface area contributed by atoms with Crippen molar-refractivity contribution in [2.24, 2.45) is 0 Å². The fourth-order valence-electron chi connectivity index (χ4n) is 3.39. The molecule has 0 bridgehead atoms. The summed E-state index contributed by atoms with van der Waals surface area (Å²) in [6, 6.07) is 4.70. The third-order valence-electron chi connectivity index (χ3n) is 4.77. The van der Waals surface area contributed by atoms with Crippen molar-refractivity contribution in [2.45, 2.75) is 69.5 Å². The fourth-order valence-corrected chi connectivity index (χ4v) is 4.94. The highest BCUT2D eigenvalue weighted by Gasteiger charge is 2.23. The number of rotatable bonds is 9. The molecule has 2 aromatic rings. The van der Waals surface area contributed by atoms with Gasteiger partial charge < -0.3 is 9.88 Å². The summed E-state index contributed by atoms with van der Waals surface area (Å²) in [6.45, 7) is 2.89. The number of aromatic nitrogens is 3. The van der Waals surface area contributed by atoms with Crippen LogP contribution in [0.25, 0.3) is 0 Å². The van der Waals surface area contributed by atoms with Crippen molar-refractivity contribution >= 4 is 29.0 Å². The monoisotopic (exact) mass is 392 g/mol. The first-order valence-corrected chi connectivity index (χ1v) is 11.5. The van der Waals surface area contributed by atoms with Gasteiger partial charge in [0.05, 0.1) is 5.75 Å². The molecule has 0 atom stereocenters. The van der Waals surface area contributed by atoms with Gasteiger partial charge in [-0.3, -0.25) is 4.79 Å². The Morgan fingerprint density at radius 2 is 2.19 bits per heavy atom. The summed E-state index contributed by atoms with van der Waals surface area (Å²) in [4.78, 5) is 13.4. The first-order chi connectivity index (χ1) is 12.8. The maximum atomic E-state index is 12.1. The highest BCUT2D eigenvalue weighted by atomic mass is 32.2. The molecule has 3 rings (SSSR count). The van der Waals surface area contributed by atoms with Crippen molar-refractivity contribution in [1.29, 1.82) is 0 Å². The van der Waals surface area contributed by atoms with Gasteiger partial charge in [-0.1, -0.05) is 50.4 Å². The van der Waals surface area contributed by atoms with Gasteiger partial charge in [-0.25, -0.2) is 0 Å². The topological polar surface area (TPSA) is 59.8 Å². The zero-order valence-corrected chi connectivity index (χ0v) is 17.1. The van der Waals surface area contributed by atoms with Gasteiger partial charge >= 0.3 is 0 Å². The van der Waals surface area contributed by atoms with Gasteiger partial charge in [0.1, 0.15) is 5.82 Å². The summed E-state index contributed by atoms with van der Waals surface area (Å²) in [7, 11) is 0. The summed E-state index contributed by atoms with van der Waals surface area (Å²) >= 11 is 3.28. The lowest BCUT2D eigenvalue weighted by atomic mass is 9.95. The summed E-state index contributed by atoms with van der Waals surface area (Å²) in [5, 5.41) is 14.9. The molecule has 1 fully saturated rings. The summed E-state index contributed by atoms with van der Waals surface area (Å²) < 4.78 is 2.32. The molecule has 0 aliphatic heterocycles. The second-order valence-corrected chi connectivity index (χ2v) is 8.78. The minimum atomic E-state index is 0.0847. The maximum absolute atomic E-state index is 12.1. The lowest BCUT2D eigenvalue weighted by Gasteiger charge is -2.25. The third-order valence-corrected chi connectivity index (χ3v) is 6.59. The van der Waals surface area contributed by atoms with Crippen molar-refractivity contribution in [3.05, 3.63) is 28.2 Å². The molecule has 26 heavy (non-hydrogen) atoms. The van der Waals surface area contributed by atoms with Crippen LogP contribution in [0.2, 0.25) is 0 Å². The van der Waals surface area contributed by atoms with E-state index in [4.69, 9.17) is 0 Å². The smallest absolute Gasteiger partial charge is 0.230 e. The van der Waals surface area contributed by atoms with E-state index in [1.807, 2.05) is 0 Å². The van der Waals surface area contributed by atoms with Crippen LogP contribution in [0.5, 0.6) is 0 Å². The molecule has 0 spiro atoms. The first kappa shape index (κ1) is 19.4. The standard InChI is InChI=1S/C19H28N4OS2/c1-2-3-11-20-18(24)14-26-19-22-21-17(13-16-10-7-12-25-16)23(19)15-8-5-4-6-9-15/h7,10,12,15H,2-6,8-9,11,13-14H2,1H3,(H,20,24). The van der Waals surface area contributed by atoms with Crippen LogP contribution in [0, 0.1) is 0 Å². The molecule has 5 nitrogen and oxygen atoms in total. The Morgan fingerprint density at radius 1 is 1.35 bits per heavy atom. The van der Waals surface area contributed by atoms with E-state index in [2.05, 4.69) is 44.5 Å². The van der Waals surface area contributed by atoms with Crippen LogP contribution in [-0.4, -0.2) is 33.0 Å². The average molecular weight is 393 g/mol. The second-order valence-electron chi connectivity index (χ2n) is 6.81. The number of carbonyl (C=O) groups is 1. The van der Waals surface area contributed by atoms with Gasteiger partial charge in [-0.05, 0) is 30.7 Å². The van der Waals surface area contributed by atoms with Gasteiger partial charge in [-0.2, -0.15) is 0 Å². The Morgan fingerprint density at radius 3 is 2.92 bits per heavy atom. The minimum absolute atomic E-state index is 0.0847. The second kappa shape index (κ2) is 10.1. The molecule has 1 amide bonds. The van der Waals surface area contributed by atoms with Crippen LogP contribution >= 0.6 is 23.1 Å². The lowest BCUT2D eigenvalue weighted by molar-refractivity contribution is -0.118. The number of thiophene rings is 1. The molecule has 0 saturated heterocycles. The Kier molecular flexibility index (Phi) is 7.55. The number of nitrogens with one attached hydrogen (secondary N) is 1. The van der Waals surface area contributed by atoms with E-state index in [1.165, 1.54) is 48.7 Å². The summed E-state index contributed by atoms with van der Waals surface area (Å²) in [6.07, 6.45) is 9.17. The van der Waals surface area contributed by atoms with Crippen molar-refractivity contribution in [1.82, 2.24) is 20.1 Å². The van der Waals surface area contributed by atoms with E-state index >= 15 is 0 Å². The molecule has 0 aromatic carbocycles. The zero-order chi connectivity index (χ0) is 18.2. The highest BCUT2D eigenvalue weighted by Crippen LogP contribution is 2.33. The van der Waals surface area contributed by atoms with E-state index in [-0.39, 0.29) is 5.91 Å². The quantitative estimate of drug-likeness (QED) is 0.506. The van der Waals surface area contributed by atoms with Crippen molar-refractivity contribution in [3.8, 4) is 0 Å². The molecule has 1 N–H and O–H groups in total. The number of unbranched alkanes of at least 4 members (excludes halogenated alkanes) is 1. The zero-order valence-electron chi connectivity index (χ0n) is 15.4. The van der Waals surface area contributed by atoms with E-state index in [0.717, 1.165) is 36.8 Å². The molecule has 142 valence electrons. The number of hydrogen-bond donors (Lipinski definition) is 1. The minimum Gasteiger partial charge on any atom is -0.355 e. The SMILES string of the molecule is CCCCNC(=O)CSc1nnc(Cc2cccs2)n1C1CCCCC1. The Labute approximate surface area is 164 Å². The highest BCUT2D eigenvalue weighted by molar-refractivity contribution is 7.99. The van der Waals surface area contributed by atoms with Gasteiger partial charge in [0.2, 0.25) is 5.91 Å². The maximum Gasteiger partial charge on any atom is 0.230 e. The number of nitrogens with zero attached hydrogens (tertiary/aromatic N) is 3. The van der Waals surface area contributed by atoms with E-state index in [0.29, 0.717) is 11.8 Å². The lowest BCUT2D eigenvalue weighted by Crippen LogP contribution is -2.26. The van der Waals surface area contributed by atoms with Crippen LogP contribution in [0.3, 0.4) is 0 Å². The van der Waals surface area contributed by atoms with E-state index < -0.39 is 0 Å². The molecule has 0 radical (unpaired) electrons. The molecule has 2 heterocycles. The molecule has 1 aliphatic rings. The molecule has 7 heteroatoms. The average Bonchev–Trinajstić information content (AvgIpc) is 3.31. The van der Waals surface area contributed by atoms with Gasteiger partial charge in [-0.15, -0.1) is 21.5 Å². The van der Waals surface area contributed by atoms with Crippen LogP contribution in [0.15, 0.2) is 22.7 Å². The van der Waals surface area contributed by atoms with E-state index in [1.54, 1.807) is 11.3 Å². The fraction of sp³-hybridized carbons (Fsp3) is 0.632. The number of amides is 1. The number of carbonyl (C=O) groups excluding carboxylic acids is 1. The summed E-state index contributed by atoms with van der Waals surface area (Å²) in [5.41, 5.74) is 0. The Bertz CT molecular complexity index is 678. The molecule has 1 saturated carbocycles. The predicted molar refractivity (Wildman–Crippen MR) is 108 cm³/mol. The third kappa shape index (κ3) is 5.33. The Hall–Kier alpha value is -1.34. The van der Waals surface area contributed by atoms with Gasteiger partial charge in [0.25, 0.3) is 0 Å². The molecular weight excluding hydrogens is 364 g/mol. The molecule has 1 aliphatic carbocycles. The van der Waals surface area contributed by atoms with Crippen molar-refractivity contribution in [3.63, 3.8) is 0 Å². The molecule has 2 aromatic heterocycles. The van der Waals surface area contributed by atoms with Crippen molar-refractivity contribution in [2.75, 3.05) is 12.3 Å². The Balaban J connectivity index is 1.69. The van der Waals surface area contributed by atoms with Gasteiger partial charge in [0, 0.05) is 23.9 Å². The number of hydrogen-bond acceptors (Lipinski definition) is 5. The normalized spacial score (nSPS) is 15.3. The summed E-state index contributed by atoms with van der Waals surface area (Å²) in [5.74, 6) is 1.53. The molecule has 0 unspecified atom stereocenters. The molecular formula is C19H28N4OS2. The van der Waals surface area contributed by atoms with Crippen molar-refractivity contribution < 1.29 is 4.79 Å². The van der Waals surface area contributed by atoms with E-state index in [9.17, 15) is 4.79 Å². The van der Waals surface area contributed by atoms with Gasteiger partial charge in [0.15, 0.2) is 5.16 Å². The number of thioether (sulfide) groups is 1. The van der Waals surface area contributed by atoms with Crippen LogP contribution in [-0.2, 0) is 11.2 Å². The van der Waals surface area contributed by atoms with Crippen LogP contribution in [0.4, 0.5) is 0 Å². The first-order valence-electron chi connectivity index (χ1n) is 9.63. The van der Waals surface area contributed by atoms with Crippen LogP contribution in [0.1, 0.15) is 68.6 Å².